The van der Waals surface area contributed by atoms with Crippen molar-refractivity contribution in [3.05, 3.63) is 65.9 Å². The molecule has 0 aliphatic carbocycles. The van der Waals surface area contributed by atoms with Crippen molar-refractivity contribution in [2.75, 3.05) is 6.54 Å². The molecule has 0 radical (unpaired) electrons. The molecule has 2 aromatic carbocycles. The van der Waals surface area contributed by atoms with Crippen LogP contribution in [0.1, 0.15) is 18.1 Å². The van der Waals surface area contributed by atoms with Gasteiger partial charge in [-0.2, -0.15) is 17.9 Å². The van der Waals surface area contributed by atoms with Crippen LogP contribution in [-0.4, -0.2) is 31.9 Å². The fraction of sp³-hybridized carbons (Fsp3) is 0.250. The molecule has 0 aliphatic rings. The minimum atomic E-state index is -4.67. The predicted molar refractivity (Wildman–Crippen MR) is 106 cm³/mol. The maximum Gasteiger partial charge on any atom is 0.416 e. The highest BCUT2D eigenvalue weighted by atomic mass is 32.2. The van der Waals surface area contributed by atoms with E-state index in [0.717, 1.165) is 34.7 Å². The largest absolute Gasteiger partial charge is 0.416 e. The summed E-state index contributed by atoms with van der Waals surface area (Å²) >= 11 is 0. The average molecular weight is 439 g/mol. The summed E-state index contributed by atoms with van der Waals surface area (Å²) in [6.45, 7) is 1.60. The van der Waals surface area contributed by atoms with E-state index in [1.807, 2.05) is 30.5 Å². The number of rotatable bonds is 7. The number of nitrogens with one attached hydrogen (secondary N) is 3. The summed E-state index contributed by atoms with van der Waals surface area (Å²) in [6, 6.07) is 9.89. The Balaban J connectivity index is 1.59. The molecule has 1 unspecified atom stereocenters. The smallest absolute Gasteiger partial charge is 0.361 e. The summed E-state index contributed by atoms with van der Waals surface area (Å²) in [6.07, 6.45) is -2.30. The number of halogens is 3. The number of para-hydroxylation sites is 1. The zero-order chi connectivity index (χ0) is 21.9. The fourth-order valence-electron chi connectivity index (χ4n) is 3.01. The summed E-state index contributed by atoms with van der Waals surface area (Å²) in [5.41, 5.74) is 0.894. The molecule has 0 spiro atoms. The van der Waals surface area contributed by atoms with Gasteiger partial charge in [0, 0.05) is 23.6 Å². The molecule has 160 valence electrons. The Hall–Kier alpha value is -2.85. The molecule has 0 saturated heterocycles. The first-order chi connectivity index (χ1) is 14.1. The molecule has 0 fully saturated rings. The van der Waals surface area contributed by atoms with Crippen molar-refractivity contribution in [1.29, 1.82) is 0 Å². The molecule has 3 aromatic rings. The van der Waals surface area contributed by atoms with Gasteiger partial charge >= 0.3 is 6.18 Å². The van der Waals surface area contributed by atoms with Gasteiger partial charge in [-0.1, -0.05) is 24.3 Å². The third-order valence-corrected chi connectivity index (χ3v) is 6.10. The first-order valence-electron chi connectivity index (χ1n) is 9.10. The number of amides is 1. The van der Waals surface area contributed by atoms with E-state index in [4.69, 9.17) is 0 Å². The number of H-pyrrole nitrogens is 1. The number of sulfonamides is 1. The van der Waals surface area contributed by atoms with E-state index in [1.165, 1.54) is 6.92 Å². The SMILES string of the molecule is CC(NS(=O)(=O)c1cccc(C(F)(F)F)c1)C(=O)NCCc1c[nH]c2ccccc12. The molecule has 0 saturated carbocycles. The van der Waals surface area contributed by atoms with Gasteiger partial charge in [-0.15, -0.1) is 0 Å². The Bertz CT molecular complexity index is 1160. The number of hydrogen-bond donors (Lipinski definition) is 3. The Labute approximate surface area is 171 Å². The van der Waals surface area contributed by atoms with Crippen LogP contribution in [-0.2, 0) is 27.4 Å². The molecule has 1 aromatic heterocycles. The quantitative estimate of drug-likeness (QED) is 0.528. The van der Waals surface area contributed by atoms with Crippen molar-refractivity contribution >= 4 is 26.8 Å². The van der Waals surface area contributed by atoms with Gasteiger partial charge in [0.05, 0.1) is 16.5 Å². The van der Waals surface area contributed by atoms with Gasteiger partial charge in [0.15, 0.2) is 0 Å². The van der Waals surface area contributed by atoms with E-state index in [-0.39, 0.29) is 6.54 Å². The molecule has 0 aliphatic heterocycles. The lowest BCUT2D eigenvalue weighted by molar-refractivity contribution is -0.137. The number of carbonyl (C=O) groups is 1. The summed E-state index contributed by atoms with van der Waals surface area (Å²) < 4.78 is 65.3. The van der Waals surface area contributed by atoms with Gasteiger partial charge in [0.25, 0.3) is 0 Å². The molecule has 1 atom stereocenters. The Morgan fingerprint density at radius 1 is 1.13 bits per heavy atom. The second-order valence-corrected chi connectivity index (χ2v) is 8.48. The van der Waals surface area contributed by atoms with Gasteiger partial charge in [-0.25, -0.2) is 8.42 Å². The lowest BCUT2D eigenvalue weighted by Crippen LogP contribution is -2.45. The van der Waals surface area contributed by atoms with E-state index in [1.54, 1.807) is 0 Å². The first-order valence-corrected chi connectivity index (χ1v) is 10.6. The highest BCUT2D eigenvalue weighted by Gasteiger charge is 2.32. The van der Waals surface area contributed by atoms with Gasteiger partial charge in [-0.05, 0) is 43.2 Å². The number of aromatic nitrogens is 1. The van der Waals surface area contributed by atoms with E-state index in [0.29, 0.717) is 12.5 Å². The highest BCUT2D eigenvalue weighted by Crippen LogP contribution is 2.30. The number of fused-ring (bicyclic) bond motifs is 1. The van der Waals surface area contributed by atoms with Crippen LogP contribution in [0.5, 0.6) is 0 Å². The maximum atomic E-state index is 12.8. The third kappa shape index (κ3) is 5.00. The maximum absolute atomic E-state index is 12.8. The van der Waals surface area contributed by atoms with Crippen LogP contribution in [0.3, 0.4) is 0 Å². The zero-order valence-electron chi connectivity index (χ0n) is 16.0. The monoisotopic (exact) mass is 439 g/mol. The van der Waals surface area contributed by atoms with Crippen molar-refractivity contribution in [3.8, 4) is 0 Å². The molecule has 3 rings (SSSR count). The number of hydrogen-bond acceptors (Lipinski definition) is 3. The average Bonchev–Trinajstić information content (AvgIpc) is 3.10. The van der Waals surface area contributed by atoms with E-state index in [2.05, 4.69) is 15.0 Å². The number of carbonyl (C=O) groups excluding carboxylic acids is 1. The molecule has 10 heteroatoms. The second kappa shape index (κ2) is 8.49. The summed E-state index contributed by atoms with van der Waals surface area (Å²) in [5.74, 6) is -0.578. The summed E-state index contributed by atoms with van der Waals surface area (Å²) in [4.78, 5) is 14.8. The topological polar surface area (TPSA) is 91.1 Å². The van der Waals surface area contributed by atoms with Gasteiger partial charge in [0.1, 0.15) is 0 Å². The van der Waals surface area contributed by atoms with E-state index >= 15 is 0 Å². The van der Waals surface area contributed by atoms with Crippen LogP contribution in [0.25, 0.3) is 10.9 Å². The van der Waals surface area contributed by atoms with Crippen molar-refractivity contribution in [2.24, 2.45) is 0 Å². The molecular formula is C20H20F3N3O3S. The molecular weight excluding hydrogens is 419 g/mol. The van der Waals surface area contributed by atoms with Crippen molar-refractivity contribution in [3.63, 3.8) is 0 Å². The fourth-order valence-corrected chi connectivity index (χ4v) is 4.25. The van der Waals surface area contributed by atoms with Crippen LogP contribution in [0.2, 0.25) is 0 Å². The van der Waals surface area contributed by atoms with Crippen LogP contribution in [0.4, 0.5) is 13.2 Å². The Morgan fingerprint density at radius 2 is 1.87 bits per heavy atom. The van der Waals surface area contributed by atoms with Crippen molar-refractivity contribution in [2.45, 2.75) is 30.5 Å². The summed E-state index contributed by atoms with van der Waals surface area (Å²) in [7, 11) is -4.30. The molecule has 1 heterocycles. The van der Waals surface area contributed by atoms with E-state index < -0.39 is 38.6 Å². The zero-order valence-corrected chi connectivity index (χ0v) is 16.8. The van der Waals surface area contributed by atoms with Gasteiger partial charge in [0.2, 0.25) is 15.9 Å². The Morgan fingerprint density at radius 3 is 2.60 bits per heavy atom. The molecule has 6 nitrogen and oxygen atoms in total. The minimum Gasteiger partial charge on any atom is -0.361 e. The number of benzene rings is 2. The highest BCUT2D eigenvalue weighted by molar-refractivity contribution is 7.89. The van der Waals surface area contributed by atoms with Gasteiger partial charge < -0.3 is 10.3 Å². The minimum absolute atomic E-state index is 0.274. The first kappa shape index (κ1) is 21.8. The molecule has 3 N–H and O–H groups in total. The number of aromatic amines is 1. The van der Waals surface area contributed by atoms with Crippen molar-refractivity contribution in [1.82, 2.24) is 15.0 Å². The lowest BCUT2D eigenvalue weighted by atomic mass is 10.1. The number of alkyl halides is 3. The molecule has 30 heavy (non-hydrogen) atoms. The standard InChI is InChI=1S/C20H20F3N3O3S/c1-13(26-30(28,29)16-6-4-5-15(11-16)20(21,22)23)19(27)24-10-9-14-12-25-18-8-3-2-7-17(14)18/h2-8,11-13,25-26H,9-10H2,1H3,(H,24,27). The van der Waals surface area contributed by atoms with E-state index in [9.17, 15) is 26.4 Å². The van der Waals surface area contributed by atoms with Crippen LogP contribution < -0.4 is 10.0 Å². The van der Waals surface area contributed by atoms with Crippen LogP contribution in [0.15, 0.2) is 59.6 Å². The van der Waals surface area contributed by atoms with Gasteiger partial charge in [-0.3, -0.25) is 4.79 Å². The molecule has 0 bridgehead atoms. The third-order valence-electron chi connectivity index (χ3n) is 4.57. The molecule has 1 amide bonds. The predicted octanol–water partition coefficient (Wildman–Crippen LogP) is 3.21. The normalized spacial score (nSPS) is 13.3. The lowest BCUT2D eigenvalue weighted by Gasteiger charge is -2.15. The Kier molecular flexibility index (Phi) is 6.18. The second-order valence-electron chi connectivity index (χ2n) is 6.77. The van der Waals surface area contributed by atoms with Crippen molar-refractivity contribution < 1.29 is 26.4 Å². The van der Waals surface area contributed by atoms with Crippen LogP contribution in [0, 0.1) is 0 Å². The van der Waals surface area contributed by atoms with Crippen LogP contribution >= 0.6 is 0 Å². The summed E-state index contributed by atoms with van der Waals surface area (Å²) in [5, 5.41) is 3.67.